The van der Waals surface area contributed by atoms with Crippen LogP contribution < -0.4 is 9.47 Å². The van der Waals surface area contributed by atoms with E-state index >= 15 is 0 Å². The fraction of sp³-hybridized carbons (Fsp3) is 0.562. The summed E-state index contributed by atoms with van der Waals surface area (Å²) in [4.78, 5) is 45.4. The van der Waals surface area contributed by atoms with Gasteiger partial charge in [-0.2, -0.15) is 0 Å². The van der Waals surface area contributed by atoms with Gasteiger partial charge >= 0.3 is 11.9 Å². The van der Waals surface area contributed by atoms with Crippen LogP contribution in [0.5, 0.6) is 11.5 Å². The standard InChI is InChI=1S/C32H46O8/c1-4-7-10-13-24-35-28-20-16-26(17-21-28)31(33)39-37-30(15-12-9-6-3)38-40-32(34)27-18-22-29(23-19-27)36-25-14-11-8-5-2/h16-23,30H,4-15,24-25H2,1-3H3. The molecule has 0 amide bonds. The van der Waals surface area contributed by atoms with Crippen molar-refractivity contribution in [2.75, 3.05) is 13.2 Å². The van der Waals surface area contributed by atoms with Crippen molar-refractivity contribution in [2.45, 2.75) is 104 Å². The Balaban J connectivity index is 1.80. The molecule has 0 atom stereocenters. The van der Waals surface area contributed by atoms with Gasteiger partial charge in [0.25, 0.3) is 0 Å². The van der Waals surface area contributed by atoms with Gasteiger partial charge in [-0.3, -0.25) is 9.78 Å². The van der Waals surface area contributed by atoms with Gasteiger partial charge < -0.3 is 9.47 Å². The van der Waals surface area contributed by atoms with E-state index in [0.717, 1.165) is 44.9 Å². The highest BCUT2D eigenvalue weighted by atomic mass is 17.3. The van der Waals surface area contributed by atoms with E-state index in [9.17, 15) is 9.59 Å². The van der Waals surface area contributed by atoms with Crippen molar-refractivity contribution in [3.63, 3.8) is 0 Å². The van der Waals surface area contributed by atoms with E-state index in [0.29, 0.717) is 42.3 Å². The zero-order valence-corrected chi connectivity index (χ0v) is 24.4. The lowest BCUT2D eigenvalue weighted by molar-refractivity contribution is -0.421. The van der Waals surface area contributed by atoms with Gasteiger partial charge in [-0.1, -0.05) is 72.1 Å². The molecule has 0 N–H and O–H groups in total. The Bertz CT molecular complexity index is 869. The monoisotopic (exact) mass is 558 g/mol. The van der Waals surface area contributed by atoms with Crippen molar-refractivity contribution in [1.82, 2.24) is 0 Å². The molecule has 0 heterocycles. The van der Waals surface area contributed by atoms with Crippen molar-refractivity contribution in [2.24, 2.45) is 0 Å². The average molecular weight is 559 g/mol. The summed E-state index contributed by atoms with van der Waals surface area (Å²) >= 11 is 0. The Morgan fingerprint density at radius 3 is 1.35 bits per heavy atom. The topological polar surface area (TPSA) is 89.5 Å². The summed E-state index contributed by atoms with van der Waals surface area (Å²) in [5.74, 6) is 0.00633. The van der Waals surface area contributed by atoms with Crippen LogP contribution in [0.2, 0.25) is 0 Å². The van der Waals surface area contributed by atoms with Crippen molar-refractivity contribution in [1.29, 1.82) is 0 Å². The van der Waals surface area contributed by atoms with Crippen LogP contribution in [0.1, 0.15) is 119 Å². The number of ether oxygens (including phenoxy) is 2. The molecule has 0 aliphatic heterocycles. The molecule has 8 heteroatoms. The smallest absolute Gasteiger partial charge is 0.373 e. The van der Waals surface area contributed by atoms with Gasteiger partial charge in [0.05, 0.1) is 24.3 Å². The van der Waals surface area contributed by atoms with Gasteiger partial charge in [0.15, 0.2) is 0 Å². The summed E-state index contributed by atoms with van der Waals surface area (Å²) in [6, 6.07) is 13.3. The first kappa shape index (κ1) is 33.1. The van der Waals surface area contributed by atoms with Crippen LogP contribution >= 0.6 is 0 Å². The van der Waals surface area contributed by atoms with Crippen LogP contribution in [0.3, 0.4) is 0 Å². The van der Waals surface area contributed by atoms with Gasteiger partial charge in [-0.05, 0) is 67.8 Å². The maximum absolute atomic E-state index is 12.5. The van der Waals surface area contributed by atoms with Crippen molar-refractivity contribution in [3.05, 3.63) is 59.7 Å². The van der Waals surface area contributed by atoms with Crippen molar-refractivity contribution < 1.29 is 38.6 Å². The van der Waals surface area contributed by atoms with Crippen LogP contribution in [-0.4, -0.2) is 31.4 Å². The molecular weight excluding hydrogens is 512 g/mol. The molecule has 0 radical (unpaired) electrons. The molecule has 0 aliphatic carbocycles. The fourth-order valence-electron chi connectivity index (χ4n) is 3.78. The molecule has 2 rings (SSSR count). The third-order valence-corrected chi connectivity index (χ3v) is 6.22. The van der Waals surface area contributed by atoms with E-state index in [1.165, 1.54) is 25.7 Å². The van der Waals surface area contributed by atoms with Crippen LogP contribution in [0.4, 0.5) is 0 Å². The second-order valence-corrected chi connectivity index (χ2v) is 9.73. The number of carbonyl (C=O) groups excluding carboxylic acids is 2. The van der Waals surface area contributed by atoms with Gasteiger partial charge in [0, 0.05) is 6.42 Å². The first-order valence-corrected chi connectivity index (χ1v) is 14.8. The third kappa shape index (κ3) is 13.8. The zero-order valence-electron chi connectivity index (χ0n) is 24.4. The Hall–Kier alpha value is -3.10. The largest absolute Gasteiger partial charge is 0.494 e. The zero-order chi connectivity index (χ0) is 28.8. The van der Waals surface area contributed by atoms with Gasteiger partial charge in [-0.25, -0.2) is 9.59 Å². The van der Waals surface area contributed by atoms with E-state index in [2.05, 4.69) is 20.8 Å². The lowest BCUT2D eigenvalue weighted by atomic mass is 10.2. The second kappa shape index (κ2) is 20.8. The molecule has 0 aliphatic rings. The van der Waals surface area contributed by atoms with Gasteiger partial charge in [-0.15, -0.1) is 9.78 Å². The van der Waals surface area contributed by atoms with Crippen molar-refractivity contribution in [3.8, 4) is 11.5 Å². The molecule has 0 saturated heterocycles. The average Bonchev–Trinajstić information content (AvgIpc) is 2.98. The first-order valence-electron chi connectivity index (χ1n) is 14.8. The molecule has 0 aromatic heterocycles. The van der Waals surface area contributed by atoms with E-state index in [4.69, 9.17) is 29.0 Å². The van der Waals surface area contributed by atoms with Crippen LogP contribution in [-0.2, 0) is 19.6 Å². The summed E-state index contributed by atoms with van der Waals surface area (Å²) in [6.07, 6.45) is 11.0. The SMILES string of the molecule is CCCCCCOc1ccc(C(=O)OOC(CCCCC)OOC(=O)c2ccc(OCCCCCC)cc2)cc1. The van der Waals surface area contributed by atoms with Crippen LogP contribution in [0, 0.1) is 0 Å². The summed E-state index contributed by atoms with van der Waals surface area (Å²) in [5, 5.41) is 0. The molecule has 40 heavy (non-hydrogen) atoms. The number of benzene rings is 2. The van der Waals surface area contributed by atoms with E-state index in [1.807, 2.05) is 0 Å². The maximum atomic E-state index is 12.5. The minimum absolute atomic E-state index is 0.301. The first-order chi connectivity index (χ1) is 19.6. The Labute approximate surface area is 239 Å². The summed E-state index contributed by atoms with van der Waals surface area (Å²) in [5.41, 5.74) is 0.602. The number of rotatable bonds is 22. The molecule has 8 nitrogen and oxygen atoms in total. The molecule has 0 bridgehead atoms. The highest BCUT2D eigenvalue weighted by Gasteiger charge is 2.19. The molecule has 2 aromatic rings. The van der Waals surface area contributed by atoms with E-state index < -0.39 is 18.2 Å². The highest BCUT2D eigenvalue weighted by molar-refractivity contribution is 5.89. The highest BCUT2D eigenvalue weighted by Crippen LogP contribution is 2.17. The van der Waals surface area contributed by atoms with Gasteiger partial charge in [0.1, 0.15) is 11.5 Å². The van der Waals surface area contributed by atoms with Crippen LogP contribution in [0.15, 0.2) is 48.5 Å². The lowest BCUT2D eigenvalue weighted by Gasteiger charge is -2.15. The van der Waals surface area contributed by atoms with E-state index in [1.54, 1.807) is 48.5 Å². The van der Waals surface area contributed by atoms with Gasteiger partial charge in [0.2, 0.25) is 6.29 Å². The Morgan fingerprint density at radius 2 is 0.950 bits per heavy atom. The lowest BCUT2D eigenvalue weighted by Crippen LogP contribution is -2.22. The molecule has 222 valence electrons. The minimum atomic E-state index is -1.06. The third-order valence-electron chi connectivity index (χ3n) is 6.22. The Morgan fingerprint density at radius 1 is 0.550 bits per heavy atom. The molecule has 0 saturated carbocycles. The fourth-order valence-corrected chi connectivity index (χ4v) is 3.78. The maximum Gasteiger partial charge on any atom is 0.373 e. The normalized spacial score (nSPS) is 10.9. The summed E-state index contributed by atoms with van der Waals surface area (Å²) in [7, 11) is 0. The number of hydrogen-bond donors (Lipinski definition) is 0. The van der Waals surface area contributed by atoms with E-state index in [-0.39, 0.29) is 0 Å². The van der Waals surface area contributed by atoms with Crippen LogP contribution in [0.25, 0.3) is 0 Å². The molecule has 2 aromatic carbocycles. The quantitative estimate of drug-likeness (QED) is 0.0616. The number of unbranched alkanes of at least 4 members (excludes halogenated alkanes) is 8. The minimum Gasteiger partial charge on any atom is -0.494 e. The number of carbonyl (C=O) groups is 2. The predicted octanol–water partition coefficient (Wildman–Crippen LogP) is 8.39. The molecule has 0 unspecified atom stereocenters. The molecular formula is C32H46O8. The second-order valence-electron chi connectivity index (χ2n) is 9.73. The molecule has 0 spiro atoms. The predicted molar refractivity (Wildman–Crippen MR) is 153 cm³/mol. The summed E-state index contributed by atoms with van der Waals surface area (Å²) in [6.45, 7) is 7.68. The summed E-state index contributed by atoms with van der Waals surface area (Å²) < 4.78 is 11.4. The number of hydrogen-bond acceptors (Lipinski definition) is 8. The molecule has 0 fully saturated rings. The van der Waals surface area contributed by atoms with Crippen molar-refractivity contribution >= 4 is 11.9 Å². The Kier molecular flexibility index (Phi) is 17.2.